The molecule has 1 saturated heterocycles. The summed E-state index contributed by atoms with van der Waals surface area (Å²) in [6.07, 6.45) is 6.40. The second-order valence-corrected chi connectivity index (χ2v) is 9.76. The average Bonchev–Trinajstić information content (AvgIpc) is 2.70. The molecule has 6 heteroatoms. The van der Waals surface area contributed by atoms with Crippen LogP contribution in [0.15, 0.2) is 60.7 Å². The van der Waals surface area contributed by atoms with Gasteiger partial charge in [0.15, 0.2) is 0 Å². The summed E-state index contributed by atoms with van der Waals surface area (Å²) in [7, 11) is -3.67. The van der Waals surface area contributed by atoms with Crippen molar-refractivity contribution >= 4 is 10.1 Å². The Morgan fingerprint density at radius 2 is 1.33 bits per heavy atom. The van der Waals surface area contributed by atoms with E-state index in [9.17, 15) is 13.5 Å². The lowest BCUT2D eigenvalue weighted by Gasteiger charge is -2.40. The van der Waals surface area contributed by atoms with Crippen molar-refractivity contribution in [1.29, 1.82) is 0 Å². The first-order valence-electron chi connectivity index (χ1n) is 10.6. The summed E-state index contributed by atoms with van der Waals surface area (Å²) in [6.45, 7) is 5.75. The number of hydrogen-bond acceptors (Lipinski definition) is 4. The Morgan fingerprint density at radius 1 is 0.933 bits per heavy atom. The van der Waals surface area contributed by atoms with Gasteiger partial charge in [-0.2, -0.15) is 8.42 Å². The minimum Gasteiger partial charge on any atom is -0.380 e. The van der Waals surface area contributed by atoms with Crippen LogP contribution in [0.4, 0.5) is 0 Å². The van der Waals surface area contributed by atoms with Crippen molar-refractivity contribution in [2.45, 2.75) is 63.6 Å². The van der Waals surface area contributed by atoms with Crippen LogP contribution >= 0.6 is 0 Å². The van der Waals surface area contributed by atoms with E-state index < -0.39 is 15.7 Å². The van der Waals surface area contributed by atoms with Crippen molar-refractivity contribution in [2.75, 3.05) is 12.8 Å². The summed E-state index contributed by atoms with van der Waals surface area (Å²) in [5.74, 6) is 0. The lowest BCUT2D eigenvalue weighted by molar-refractivity contribution is 0.0522. The van der Waals surface area contributed by atoms with Crippen LogP contribution in [0, 0.1) is 0 Å². The fraction of sp³-hybridized carbons (Fsp3) is 0.500. The fourth-order valence-corrected chi connectivity index (χ4v) is 4.32. The molecule has 1 aliphatic rings. The molecule has 3 rings (SSSR count). The largest absolute Gasteiger partial charge is 0.380 e. The Morgan fingerprint density at radius 3 is 1.73 bits per heavy atom. The average molecular weight is 434 g/mol. The Kier molecular flexibility index (Phi) is 9.04. The Bertz CT molecular complexity index is 798. The molecule has 0 aromatic heterocycles. The maximum atomic E-state index is 11.6. The monoisotopic (exact) mass is 433 g/mol. The van der Waals surface area contributed by atoms with Gasteiger partial charge in [0.1, 0.15) is 5.60 Å². The van der Waals surface area contributed by atoms with Gasteiger partial charge in [0.2, 0.25) is 0 Å². The zero-order valence-corrected chi connectivity index (χ0v) is 19.1. The summed E-state index contributed by atoms with van der Waals surface area (Å²) >= 11 is 0. The molecule has 0 aliphatic carbocycles. The van der Waals surface area contributed by atoms with E-state index >= 15 is 0 Å². The van der Waals surface area contributed by atoms with Crippen LogP contribution in [0.25, 0.3) is 0 Å². The van der Waals surface area contributed by atoms with E-state index in [0.717, 1.165) is 30.5 Å². The van der Waals surface area contributed by atoms with E-state index in [1.54, 1.807) is 0 Å². The van der Waals surface area contributed by atoms with E-state index in [1.165, 1.54) is 19.3 Å². The Labute approximate surface area is 181 Å². The van der Waals surface area contributed by atoms with Gasteiger partial charge in [-0.25, -0.2) is 0 Å². The molecule has 0 saturated carbocycles. The summed E-state index contributed by atoms with van der Waals surface area (Å²) in [6, 6.07) is 21.5. The number of rotatable bonds is 6. The fourth-order valence-electron chi connectivity index (χ4n) is 4.32. The molecule has 1 aliphatic heterocycles. The van der Waals surface area contributed by atoms with Gasteiger partial charge in [-0.3, -0.25) is 9.45 Å². The van der Waals surface area contributed by atoms with Gasteiger partial charge in [-0.1, -0.05) is 67.1 Å². The first-order valence-corrected chi connectivity index (χ1v) is 12.5. The predicted octanol–water partition coefficient (Wildman–Crippen LogP) is 4.47. The Balaban J connectivity index is 0.000000575. The highest BCUT2D eigenvalue weighted by Crippen LogP contribution is 2.34. The number of nitrogens with zero attached hydrogens (tertiary/aromatic N) is 1. The highest BCUT2D eigenvalue weighted by molar-refractivity contribution is 7.85. The number of likely N-dealkylation sites (tertiary alicyclic amines) is 1. The molecule has 0 unspecified atom stereocenters. The molecular formula is C24H35NO4S. The lowest BCUT2D eigenvalue weighted by atomic mass is 9.82. The normalized spacial score (nSPS) is 20.3. The summed E-state index contributed by atoms with van der Waals surface area (Å²) < 4.78 is 25.9. The van der Waals surface area contributed by atoms with Crippen molar-refractivity contribution in [1.82, 2.24) is 4.90 Å². The van der Waals surface area contributed by atoms with E-state index in [1.807, 2.05) is 60.7 Å². The zero-order chi connectivity index (χ0) is 22.2. The maximum absolute atomic E-state index is 11.6. The highest BCUT2D eigenvalue weighted by Gasteiger charge is 2.32. The summed E-state index contributed by atoms with van der Waals surface area (Å²) in [5, 5.41) is 11.6. The highest BCUT2D eigenvalue weighted by atomic mass is 32.2. The number of hydrogen-bond donors (Lipinski definition) is 2. The van der Waals surface area contributed by atoms with Crippen LogP contribution in [-0.2, 0) is 15.7 Å². The zero-order valence-electron chi connectivity index (χ0n) is 18.2. The van der Waals surface area contributed by atoms with Gasteiger partial charge >= 0.3 is 0 Å². The molecule has 2 atom stereocenters. The SMILES string of the molecule is CS(=O)(=O)O.C[C@@H]1CCC[C@H](C)N1CCCC(O)(c1ccccc1)c1ccccc1. The van der Waals surface area contributed by atoms with E-state index in [0.29, 0.717) is 18.3 Å². The predicted molar refractivity (Wildman–Crippen MR) is 122 cm³/mol. The third kappa shape index (κ3) is 7.51. The molecule has 166 valence electrons. The molecule has 2 N–H and O–H groups in total. The quantitative estimate of drug-likeness (QED) is 0.657. The van der Waals surface area contributed by atoms with Crippen LogP contribution in [0.1, 0.15) is 57.1 Å². The van der Waals surface area contributed by atoms with Gasteiger partial charge in [0.05, 0.1) is 6.26 Å². The number of aliphatic hydroxyl groups is 1. The summed E-state index contributed by atoms with van der Waals surface area (Å²) in [5.41, 5.74) is 1.06. The van der Waals surface area contributed by atoms with Gasteiger partial charge in [-0.15, -0.1) is 0 Å². The third-order valence-corrected chi connectivity index (χ3v) is 5.83. The smallest absolute Gasteiger partial charge is 0.261 e. The van der Waals surface area contributed by atoms with Crippen molar-refractivity contribution in [3.8, 4) is 0 Å². The van der Waals surface area contributed by atoms with Crippen molar-refractivity contribution in [3.05, 3.63) is 71.8 Å². The molecule has 0 bridgehead atoms. The molecule has 30 heavy (non-hydrogen) atoms. The molecule has 2 aromatic carbocycles. The topological polar surface area (TPSA) is 77.8 Å². The van der Waals surface area contributed by atoms with E-state index in [-0.39, 0.29) is 0 Å². The second kappa shape index (κ2) is 11.0. The van der Waals surface area contributed by atoms with Crippen LogP contribution in [0.3, 0.4) is 0 Å². The summed E-state index contributed by atoms with van der Waals surface area (Å²) in [4.78, 5) is 2.62. The van der Waals surface area contributed by atoms with Crippen molar-refractivity contribution in [2.24, 2.45) is 0 Å². The minimum atomic E-state index is -3.67. The van der Waals surface area contributed by atoms with E-state index in [4.69, 9.17) is 4.55 Å². The first kappa shape index (κ1) is 24.5. The van der Waals surface area contributed by atoms with Gasteiger partial charge < -0.3 is 5.11 Å². The third-order valence-electron chi connectivity index (χ3n) is 5.83. The first-order chi connectivity index (χ1) is 14.1. The molecule has 5 nitrogen and oxygen atoms in total. The number of benzene rings is 2. The van der Waals surface area contributed by atoms with Crippen LogP contribution in [0.5, 0.6) is 0 Å². The van der Waals surface area contributed by atoms with E-state index in [2.05, 4.69) is 18.7 Å². The van der Waals surface area contributed by atoms with Crippen LogP contribution in [0.2, 0.25) is 0 Å². The van der Waals surface area contributed by atoms with Gasteiger partial charge in [0, 0.05) is 12.1 Å². The van der Waals surface area contributed by atoms with Crippen LogP contribution < -0.4 is 0 Å². The van der Waals surface area contributed by atoms with Gasteiger partial charge in [-0.05, 0) is 57.2 Å². The second-order valence-electron chi connectivity index (χ2n) is 8.30. The molecular weight excluding hydrogens is 398 g/mol. The standard InChI is InChI=1S/C23H31NO.CH4O3S/c1-19-11-9-12-20(2)24(19)18-10-17-23(25,21-13-5-3-6-14-21)22-15-7-4-8-16-22;1-5(2,3)4/h3-8,13-16,19-20,25H,9-12,17-18H2,1-2H3;1H3,(H,2,3,4)/t19-,20+;. The molecule has 1 fully saturated rings. The minimum absolute atomic E-state index is 0.658. The van der Waals surface area contributed by atoms with Crippen LogP contribution in [-0.4, -0.2) is 47.9 Å². The maximum Gasteiger partial charge on any atom is 0.261 e. The molecule has 1 heterocycles. The molecule has 0 amide bonds. The Hall–Kier alpha value is -1.73. The molecule has 0 spiro atoms. The lowest BCUT2D eigenvalue weighted by Crippen LogP contribution is -2.44. The van der Waals surface area contributed by atoms with Crippen molar-refractivity contribution < 1.29 is 18.1 Å². The van der Waals surface area contributed by atoms with Crippen molar-refractivity contribution in [3.63, 3.8) is 0 Å². The molecule has 0 radical (unpaired) electrons. The number of piperidine rings is 1. The van der Waals surface area contributed by atoms with Gasteiger partial charge in [0.25, 0.3) is 10.1 Å². The molecule has 2 aromatic rings.